The van der Waals surface area contributed by atoms with Crippen LogP contribution in [-0.4, -0.2) is 48.8 Å². The van der Waals surface area contributed by atoms with Crippen LogP contribution in [0.3, 0.4) is 0 Å². The Balaban J connectivity index is 2.15. The smallest absolute Gasteiger partial charge is 0.0431 e. The van der Waals surface area contributed by atoms with Gasteiger partial charge in [0.05, 0.1) is 0 Å². The van der Waals surface area contributed by atoms with E-state index in [1.807, 2.05) is 0 Å². The van der Waals surface area contributed by atoms with Crippen LogP contribution in [0, 0.1) is 0 Å². The van der Waals surface area contributed by atoms with E-state index in [4.69, 9.17) is 5.11 Å². The molecule has 3 heteroatoms. The van der Waals surface area contributed by atoms with Crippen LogP contribution in [0.1, 0.15) is 39.0 Å². The second-order valence-corrected chi connectivity index (χ2v) is 4.39. The van der Waals surface area contributed by atoms with Crippen LogP contribution in [0.25, 0.3) is 0 Å². The Kier molecular flexibility index (Phi) is 6.98. The highest BCUT2D eigenvalue weighted by atomic mass is 16.2. The van der Waals surface area contributed by atoms with E-state index in [2.05, 4.69) is 17.1 Å². The quantitative estimate of drug-likeness (QED) is 0.626. The lowest BCUT2D eigenvalue weighted by molar-refractivity contribution is 0.165. The first kappa shape index (κ1) is 12.9. The van der Waals surface area contributed by atoms with Crippen molar-refractivity contribution >= 4 is 0 Å². The fraction of sp³-hybridized carbons (Fsp3) is 1.00. The second kappa shape index (κ2) is 8.08. The third kappa shape index (κ3) is 4.96. The van der Waals surface area contributed by atoms with Crippen molar-refractivity contribution in [2.75, 3.05) is 32.8 Å². The first-order valence-corrected chi connectivity index (χ1v) is 6.44. The van der Waals surface area contributed by atoms with Gasteiger partial charge in [-0.3, -0.25) is 0 Å². The number of piperidine rings is 1. The van der Waals surface area contributed by atoms with E-state index < -0.39 is 0 Å². The summed E-state index contributed by atoms with van der Waals surface area (Å²) < 4.78 is 0. The number of unbranched alkanes of at least 4 members (excludes halogenated alkanes) is 2. The van der Waals surface area contributed by atoms with Gasteiger partial charge < -0.3 is 15.3 Å². The molecule has 1 fully saturated rings. The average molecular weight is 214 g/mol. The molecular weight excluding hydrogens is 188 g/mol. The molecule has 0 aliphatic carbocycles. The summed E-state index contributed by atoms with van der Waals surface area (Å²) >= 11 is 0. The minimum atomic E-state index is 0.347. The Labute approximate surface area is 93.9 Å². The molecule has 0 amide bonds. The van der Waals surface area contributed by atoms with Gasteiger partial charge in [0.25, 0.3) is 0 Å². The Morgan fingerprint density at radius 3 is 2.53 bits per heavy atom. The molecule has 0 radical (unpaired) electrons. The largest absolute Gasteiger partial charge is 0.396 e. The van der Waals surface area contributed by atoms with Crippen LogP contribution in [-0.2, 0) is 0 Å². The molecule has 1 saturated heterocycles. The van der Waals surface area contributed by atoms with Crippen molar-refractivity contribution < 1.29 is 5.11 Å². The molecule has 90 valence electrons. The molecular formula is C12H26N2O. The van der Waals surface area contributed by atoms with E-state index in [0.29, 0.717) is 6.61 Å². The van der Waals surface area contributed by atoms with Crippen molar-refractivity contribution in [3.8, 4) is 0 Å². The summed E-state index contributed by atoms with van der Waals surface area (Å²) in [6.07, 6.45) is 5.96. The molecule has 0 atom stereocenters. The summed E-state index contributed by atoms with van der Waals surface area (Å²) in [4.78, 5) is 2.61. The van der Waals surface area contributed by atoms with Crippen molar-refractivity contribution in [3.63, 3.8) is 0 Å². The minimum absolute atomic E-state index is 0.347. The van der Waals surface area contributed by atoms with Crippen LogP contribution in [0.5, 0.6) is 0 Å². The molecule has 0 spiro atoms. The summed E-state index contributed by atoms with van der Waals surface area (Å²) in [6.45, 7) is 7.34. The lowest BCUT2D eigenvalue weighted by Crippen LogP contribution is -2.43. The average Bonchev–Trinajstić information content (AvgIpc) is 2.30. The van der Waals surface area contributed by atoms with Gasteiger partial charge >= 0.3 is 0 Å². The molecule has 2 N–H and O–H groups in total. The van der Waals surface area contributed by atoms with Crippen molar-refractivity contribution in [1.82, 2.24) is 10.2 Å². The molecule has 0 saturated carbocycles. The van der Waals surface area contributed by atoms with Gasteiger partial charge in [0, 0.05) is 12.6 Å². The zero-order valence-corrected chi connectivity index (χ0v) is 10.0. The van der Waals surface area contributed by atoms with Crippen LogP contribution < -0.4 is 5.32 Å². The van der Waals surface area contributed by atoms with Gasteiger partial charge in [0.1, 0.15) is 0 Å². The normalized spacial score (nSPS) is 18.6. The molecule has 3 nitrogen and oxygen atoms in total. The monoisotopic (exact) mass is 214 g/mol. The maximum Gasteiger partial charge on any atom is 0.0431 e. The molecule has 0 aromatic heterocycles. The molecule has 0 aromatic carbocycles. The Morgan fingerprint density at radius 1 is 1.20 bits per heavy atom. The third-order valence-electron chi connectivity index (χ3n) is 3.33. The van der Waals surface area contributed by atoms with Crippen LogP contribution in [0.15, 0.2) is 0 Å². The van der Waals surface area contributed by atoms with Crippen molar-refractivity contribution in [3.05, 3.63) is 0 Å². The fourth-order valence-electron chi connectivity index (χ4n) is 2.37. The van der Waals surface area contributed by atoms with Crippen LogP contribution in [0.4, 0.5) is 0 Å². The molecule has 0 bridgehead atoms. The van der Waals surface area contributed by atoms with Crippen molar-refractivity contribution in [1.29, 1.82) is 0 Å². The maximum absolute atomic E-state index is 8.72. The van der Waals surface area contributed by atoms with Crippen molar-refractivity contribution in [2.45, 2.75) is 45.1 Å². The van der Waals surface area contributed by atoms with E-state index in [-0.39, 0.29) is 0 Å². The lowest BCUT2D eigenvalue weighted by Gasteiger charge is -2.33. The molecule has 0 aromatic rings. The molecule has 1 aliphatic heterocycles. The van der Waals surface area contributed by atoms with Gasteiger partial charge in [0.15, 0.2) is 0 Å². The summed E-state index contributed by atoms with van der Waals surface area (Å²) in [6, 6.07) is 0.797. The number of hydrogen-bond acceptors (Lipinski definition) is 3. The highest BCUT2D eigenvalue weighted by Crippen LogP contribution is 2.12. The fourth-order valence-corrected chi connectivity index (χ4v) is 2.37. The SMILES string of the molecule is CCN(CCCCCO)C1CCNCC1. The summed E-state index contributed by atoms with van der Waals surface area (Å²) in [5.74, 6) is 0. The van der Waals surface area contributed by atoms with E-state index in [9.17, 15) is 0 Å². The number of rotatable bonds is 7. The molecule has 1 aliphatic rings. The molecule has 1 rings (SSSR count). The minimum Gasteiger partial charge on any atom is -0.396 e. The Morgan fingerprint density at radius 2 is 1.93 bits per heavy atom. The Bertz CT molecular complexity index is 147. The lowest BCUT2D eigenvalue weighted by atomic mass is 10.0. The first-order chi connectivity index (χ1) is 7.38. The van der Waals surface area contributed by atoms with Gasteiger partial charge in [0.2, 0.25) is 0 Å². The van der Waals surface area contributed by atoms with Gasteiger partial charge in [-0.15, -0.1) is 0 Å². The van der Waals surface area contributed by atoms with Gasteiger partial charge in [-0.1, -0.05) is 6.92 Å². The number of nitrogens with one attached hydrogen (secondary N) is 1. The summed E-state index contributed by atoms with van der Waals surface area (Å²) in [5.41, 5.74) is 0. The first-order valence-electron chi connectivity index (χ1n) is 6.44. The highest BCUT2D eigenvalue weighted by molar-refractivity contribution is 4.76. The second-order valence-electron chi connectivity index (χ2n) is 4.39. The van der Waals surface area contributed by atoms with Gasteiger partial charge in [-0.25, -0.2) is 0 Å². The van der Waals surface area contributed by atoms with Gasteiger partial charge in [-0.2, -0.15) is 0 Å². The topological polar surface area (TPSA) is 35.5 Å². The third-order valence-corrected chi connectivity index (χ3v) is 3.33. The summed E-state index contributed by atoms with van der Waals surface area (Å²) in [5, 5.41) is 12.1. The van der Waals surface area contributed by atoms with E-state index in [0.717, 1.165) is 18.9 Å². The van der Waals surface area contributed by atoms with E-state index in [1.54, 1.807) is 0 Å². The zero-order chi connectivity index (χ0) is 10.9. The molecule has 1 heterocycles. The van der Waals surface area contributed by atoms with Crippen LogP contribution in [0.2, 0.25) is 0 Å². The standard InChI is InChI=1S/C12H26N2O/c1-2-14(10-4-3-5-11-15)12-6-8-13-9-7-12/h12-13,15H,2-11H2,1H3. The molecule has 15 heavy (non-hydrogen) atoms. The predicted octanol–water partition coefficient (Wildman–Crippen LogP) is 1.22. The summed E-state index contributed by atoms with van der Waals surface area (Å²) in [7, 11) is 0. The van der Waals surface area contributed by atoms with Crippen LogP contribution >= 0.6 is 0 Å². The predicted molar refractivity (Wildman–Crippen MR) is 64.1 cm³/mol. The van der Waals surface area contributed by atoms with Gasteiger partial charge in [-0.05, 0) is 58.3 Å². The molecule has 0 unspecified atom stereocenters. The maximum atomic E-state index is 8.72. The number of hydrogen-bond donors (Lipinski definition) is 2. The number of aliphatic hydroxyl groups is 1. The Hall–Kier alpha value is -0.120. The highest BCUT2D eigenvalue weighted by Gasteiger charge is 2.18. The van der Waals surface area contributed by atoms with Crippen molar-refractivity contribution in [2.24, 2.45) is 0 Å². The number of aliphatic hydroxyl groups excluding tert-OH is 1. The number of nitrogens with zero attached hydrogens (tertiary/aromatic N) is 1. The van der Waals surface area contributed by atoms with E-state index in [1.165, 1.54) is 45.4 Å². The zero-order valence-electron chi connectivity index (χ0n) is 10.0. The van der Waals surface area contributed by atoms with E-state index >= 15 is 0 Å².